The standard InChI is InChI=1S/C19H27N3O4S/c1-13-3-5-16(6-4-13)27(25,26)22-9-7-15(8-10-22)21-18(23)12-20-19(24)17-11-14(17)2/h3-6,14-15,17H,7-12H2,1-2H3,(H,20,24)(H,21,23)/t14-,17-/m0/s1. The summed E-state index contributed by atoms with van der Waals surface area (Å²) in [6, 6.07) is 6.76. The van der Waals surface area contributed by atoms with Crippen molar-refractivity contribution in [3.63, 3.8) is 0 Å². The molecule has 2 atom stereocenters. The zero-order chi connectivity index (χ0) is 19.6. The van der Waals surface area contributed by atoms with Crippen molar-refractivity contribution in [2.24, 2.45) is 11.8 Å². The second kappa shape index (κ2) is 7.98. The third-order valence-corrected chi connectivity index (χ3v) is 7.26. The Hall–Kier alpha value is -1.93. The summed E-state index contributed by atoms with van der Waals surface area (Å²) in [5.74, 6) is 0.175. The average molecular weight is 394 g/mol. The predicted octanol–water partition coefficient (Wildman–Crippen LogP) is 1.04. The molecule has 27 heavy (non-hydrogen) atoms. The van der Waals surface area contributed by atoms with Gasteiger partial charge in [-0.15, -0.1) is 0 Å². The van der Waals surface area contributed by atoms with Crippen molar-refractivity contribution in [3.05, 3.63) is 29.8 Å². The Morgan fingerprint density at radius 1 is 1.15 bits per heavy atom. The van der Waals surface area contributed by atoms with Gasteiger partial charge in [-0.05, 0) is 44.2 Å². The topological polar surface area (TPSA) is 95.6 Å². The van der Waals surface area contributed by atoms with E-state index in [1.54, 1.807) is 24.3 Å². The molecule has 1 aliphatic heterocycles. The first-order valence-corrected chi connectivity index (χ1v) is 10.9. The van der Waals surface area contributed by atoms with Gasteiger partial charge < -0.3 is 10.6 Å². The van der Waals surface area contributed by atoms with E-state index in [9.17, 15) is 18.0 Å². The molecule has 1 saturated carbocycles. The van der Waals surface area contributed by atoms with Gasteiger partial charge in [-0.2, -0.15) is 4.31 Å². The number of amides is 2. The fraction of sp³-hybridized carbons (Fsp3) is 0.579. The van der Waals surface area contributed by atoms with E-state index in [0.717, 1.165) is 12.0 Å². The Morgan fingerprint density at radius 2 is 1.74 bits per heavy atom. The first-order chi connectivity index (χ1) is 12.8. The SMILES string of the molecule is Cc1ccc(S(=O)(=O)N2CCC(NC(=O)CNC(=O)[C@H]3C[C@@H]3C)CC2)cc1. The minimum atomic E-state index is -3.50. The number of carbonyl (C=O) groups is 2. The summed E-state index contributed by atoms with van der Waals surface area (Å²) in [6.07, 6.45) is 2.01. The van der Waals surface area contributed by atoms with Crippen molar-refractivity contribution in [3.8, 4) is 0 Å². The molecule has 1 heterocycles. The molecule has 1 aromatic carbocycles. The van der Waals surface area contributed by atoms with E-state index in [1.807, 2.05) is 13.8 Å². The third kappa shape index (κ3) is 4.87. The molecule has 2 fully saturated rings. The Bertz CT molecular complexity index is 799. The smallest absolute Gasteiger partial charge is 0.243 e. The van der Waals surface area contributed by atoms with Crippen LogP contribution in [0.1, 0.15) is 31.7 Å². The quantitative estimate of drug-likeness (QED) is 0.755. The van der Waals surface area contributed by atoms with E-state index in [1.165, 1.54) is 4.31 Å². The van der Waals surface area contributed by atoms with Gasteiger partial charge in [0.25, 0.3) is 0 Å². The highest BCUT2D eigenvalue weighted by Crippen LogP contribution is 2.37. The van der Waals surface area contributed by atoms with Crippen LogP contribution in [0.3, 0.4) is 0 Å². The summed E-state index contributed by atoms with van der Waals surface area (Å²) in [7, 11) is -3.50. The summed E-state index contributed by atoms with van der Waals surface area (Å²) in [6.45, 7) is 4.64. The van der Waals surface area contributed by atoms with Gasteiger partial charge in [-0.25, -0.2) is 8.42 Å². The molecular formula is C19H27N3O4S. The number of nitrogens with zero attached hydrogens (tertiary/aromatic N) is 1. The second-order valence-corrected chi connectivity index (χ2v) is 9.53. The van der Waals surface area contributed by atoms with Gasteiger partial charge >= 0.3 is 0 Å². The number of sulfonamides is 1. The fourth-order valence-corrected chi connectivity index (χ4v) is 4.83. The number of hydrogen-bond donors (Lipinski definition) is 2. The average Bonchev–Trinajstić information content (AvgIpc) is 3.37. The lowest BCUT2D eigenvalue weighted by molar-refractivity contribution is -0.127. The molecule has 1 aromatic rings. The van der Waals surface area contributed by atoms with Gasteiger partial charge in [0.1, 0.15) is 0 Å². The molecule has 2 N–H and O–H groups in total. The van der Waals surface area contributed by atoms with Crippen molar-refractivity contribution < 1.29 is 18.0 Å². The summed E-state index contributed by atoms with van der Waals surface area (Å²) < 4.78 is 26.9. The summed E-state index contributed by atoms with van der Waals surface area (Å²) in [5.41, 5.74) is 1.01. The van der Waals surface area contributed by atoms with Crippen molar-refractivity contribution in [2.45, 2.75) is 44.0 Å². The number of aryl methyl sites for hydroxylation is 1. The fourth-order valence-electron chi connectivity index (χ4n) is 3.36. The Kier molecular flexibility index (Phi) is 5.86. The zero-order valence-electron chi connectivity index (χ0n) is 15.8. The highest BCUT2D eigenvalue weighted by molar-refractivity contribution is 7.89. The Labute approximate surface area is 160 Å². The van der Waals surface area contributed by atoms with Crippen LogP contribution in [-0.2, 0) is 19.6 Å². The zero-order valence-corrected chi connectivity index (χ0v) is 16.6. The van der Waals surface area contributed by atoms with Crippen LogP contribution in [-0.4, -0.2) is 50.2 Å². The van der Waals surface area contributed by atoms with Crippen LogP contribution in [0.5, 0.6) is 0 Å². The van der Waals surface area contributed by atoms with Crippen LogP contribution in [0.4, 0.5) is 0 Å². The molecule has 8 heteroatoms. The predicted molar refractivity (Wildman–Crippen MR) is 101 cm³/mol. The van der Waals surface area contributed by atoms with Gasteiger partial charge in [0.15, 0.2) is 0 Å². The number of nitrogens with one attached hydrogen (secondary N) is 2. The number of benzene rings is 1. The van der Waals surface area contributed by atoms with Crippen molar-refractivity contribution in [1.82, 2.24) is 14.9 Å². The van der Waals surface area contributed by atoms with Gasteiger partial charge in [0.2, 0.25) is 21.8 Å². The number of piperidine rings is 1. The van der Waals surface area contributed by atoms with Crippen molar-refractivity contribution in [1.29, 1.82) is 0 Å². The van der Waals surface area contributed by atoms with Gasteiger partial charge in [-0.3, -0.25) is 9.59 Å². The highest BCUT2D eigenvalue weighted by atomic mass is 32.2. The molecule has 148 valence electrons. The van der Waals surface area contributed by atoms with Crippen LogP contribution < -0.4 is 10.6 Å². The molecule has 2 amide bonds. The molecule has 0 aromatic heterocycles. The maximum Gasteiger partial charge on any atom is 0.243 e. The van der Waals surface area contributed by atoms with E-state index >= 15 is 0 Å². The molecular weight excluding hydrogens is 366 g/mol. The molecule has 1 aliphatic carbocycles. The molecule has 0 bridgehead atoms. The molecule has 1 saturated heterocycles. The molecule has 0 unspecified atom stereocenters. The largest absolute Gasteiger partial charge is 0.352 e. The van der Waals surface area contributed by atoms with Crippen LogP contribution in [0.15, 0.2) is 29.2 Å². The molecule has 3 rings (SSSR count). The Balaban J connectivity index is 1.45. The summed E-state index contributed by atoms with van der Waals surface area (Å²) >= 11 is 0. The van der Waals surface area contributed by atoms with E-state index in [2.05, 4.69) is 10.6 Å². The maximum atomic E-state index is 12.7. The second-order valence-electron chi connectivity index (χ2n) is 7.60. The van der Waals surface area contributed by atoms with Gasteiger partial charge in [-0.1, -0.05) is 24.6 Å². The maximum absolute atomic E-state index is 12.7. The van der Waals surface area contributed by atoms with E-state index in [4.69, 9.17) is 0 Å². The third-order valence-electron chi connectivity index (χ3n) is 5.35. The summed E-state index contributed by atoms with van der Waals surface area (Å²) in [4.78, 5) is 24.1. The first kappa shape index (κ1) is 19.8. The lowest BCUT2D eigenvalue weighted by atomic mass is 10.1. The Morgan fingerprint density at radius 3 is 2.30 bits per heavy atom. The molecule has 0 radical (unpaired) electrons. The summed E-state index contributed by atoms with van der Waals surface area (Å²) in [5, 5.41) is 5.56. The van der Waals surface area contributed by atoms with E-state index in [-0.39, 0.29) is 30.3 Å². The lowest BCUT2D eigenvalue weighted by Crippen LogP contribution is -2.48. The monoisotopic (exact) mass is 393 g/mol. The lowest BCUT2D eigenvalue weighted by Gasteiger charge is -2.31. The molecule has 0 spiro atoms. The van der Waals surface area contributed by atoms with E-state index < -0.39 is 10.0 Å². The number of carbonyl (C=O) groups excluding carboxylic acids is 2. The minimum Gasteiger partial charge on any atom is -0.352 e. The van der Waals surface area contributed by atoms with Crippen LogP contribution in [0, 0.1) is 18.8 Å². The normalized spacial score (nSPS) is 23.6. The first-order valence-electron chi connectivity index (χ1n) is 9.41. The molecule has 2 aliphatic rings. The van der Waals surface area contributed by atoms with E-state index in [0.29, 0.717) is 36.7 Å². The van der Waals surface area contributed by atoms with Crippen molar-refractivity contribution >= 4 is 21.8 Å². The van der Waals surface area contributed by atoms with Crippen molar-refractivity contribution in [2.75, 3.05) is 19.6 Å². The molecule has 7 nitrogen and oxygen atoms in total. The number of rotatable bonds is 6. The van der Waals surface area contributed by atoms with Crippen LogP contribution in [0.25, 0.3) is 0 Å². The number of hydrogen-bond acceptors (Lipinski definition) is 4. The highest BCUT2D eigenvalue weighted by Gasteiger charge is 2.39. The van der Waals surface area contributed by atoms with Crippen LogP contribution >= 0.6 is 0 Å². The van der Waals surface area contributed by atoms with Crippen LogP contribution in [0.2, 0.25) is 0 Å². The van der Waals surface area contributed by atoms with Gasteiger partial charge in [0.05, 0.1) is 11.4 Å². The van der Waals surface area contributed by atoms with Gasteiger partial charge in [0, 0.05) is 25.0 Å². The minimum absolute atomic E-state index is 0.0239.